The number of hydrogen-bond donors (Lipinski definition) is 2. The summed E-state index contributed by atoms with van der Waals surface area (Å²) in [5.74, 6) is 0.974. The maximum atomic E-state index is 4.13. The predicted molar refractivity (Wildman–Crippen MR) is 38.3 cm³/mol. The second-order valence-electron chi connectivity index (χ2n) is 2.00. The van der Waals surface area contributed by atoms with Crippen LogP contribution in [0, 0.1) is 0 Å². The zero-order valence-corrected chi connectivity index (χ0v) is 5.82. The van der Waals surface area contributed by atoms with Gasteiger partial charge in [0.05, 0.1) is 0 Å². The van der Waals surface area contributed by atoms with Crippen molar-refractivity contribution in [2.75, 3.05) is 32.1 Å². The molecular formula is C5H12N2S. The molecule has 1 fully saturated rings. The van der Waals surface area contributed by atoms with E-state index in [-0.39, 0.29) is 0 Å². The summed E-state index contributed by atoms with van der Waals surface area (Å²) in [7, 11) is 0. The number of nitrogens with zero attached hydrogens (tertiary/aromatic N) is 1. The van der Waals surface area contributed by atoms with Gasteiger partial charge in [-0.2, -0.15) is 12.6 Å². The Morgan fingerprint density at radius 1 is 1.62 bits per heavy atom. The first-order valence-electron chi connectivity index (χ1n) is 2.97. The molecule has 8 heavy (non-hydrogen) atoms. The third kappa shape index (κ3) is 1.65. The molecule has 0 aromatic rings. The van der Waals surface area contributed by atoms with E-state index < -0.39 is 0 Å². The summed E-state index contributed by atoms with van der Waals surface area (Å²) in [4.78, 5) is 2.35. The normalized spacial score (nSPS) is 22.1. The molecule has 0 amide bonds. The third-order valence-corrected chi connectivity index (χ3v) is 1.56. The zero-order chi connectivity index (χ0) is 5.82. The lowest BCUT2D eigenvalue weighted by Crippen LogP contribution is -2.23. The van der Waals surface area contributed by atoms with Crippen LogP contribution >= 0.6 is 12.6 Å². The molecule has 1 aliphatic heterocycles. The molecule has 3 heteroatoms. The first kappa shape index (κ1) is 6.39. The van der Waals surface area contributed by atoms with E-state index in [0.29, 0.717) is 0 Å². The van der Waals surface area contributed by atoms with Crippen LogP contribution in [0.3, 0.4) is 0 Å². The summed E-state index contributed by atoms with van der Waals surface area (Å²) >= 11 is 4.13. The molecule has 0 aromatic heterocycles. The highest BCUT2D eigenvalue weighted by atomic mass is 32.1. The van der Waals surface area contributed by atoms with Crippen molar-refractivity contribution >= 4 is 12.6 Å². The van der Waals surface area contributed by atoms with Crippen LogP contribution in [-0.2, 0) is 0 Å². The highest BCUT2D eigenvalue weighted by Gasteiger charge is 2.07. The largest absolute Gasteiger partial charge is 0.303 e. The topological polar surface area (TPSA) is 15.3 Å². The van der Waals surface area contributed by atoms with Crippen molar-refractivity contribution < 1.29 is 0 Å². The standard InChI is InChI=1S/C5H12N2S/c8-4-3-7-2-1-6-5-7/h6,8H,1-5H2. The maximum Gasteiger partial charge on any atom is 0.0481 e. The minimum Gasteiger partial charge on any atom is -0.303 e. The summed E-state index contributed by atoms with van der Waals surface area (Å²) in [6.45, 7) is 4.52. The first-order valence-corrected chi connectivity index (χ1v) is 3.60. The van der Waals surface area contributed by atoms with Gasteiger partial charge in [0.15, 0.2) is 0 Å². The molecule has 0 radical (unpaired) electrons. The minimum absolute atomic E-state index is 0.974. The monoisotopic (exact) mass is 132 g/mol. The van der Waals surface area contributed by atoms with Crippen molar-refractivity contribution in [1.29, 1.82) is 0 Å². The van der Waals surface area contributed by atoms with E-state index in [1.807, 2.05) is 0 Å². The van der Waals surface area contributed by atoms with Crippen molar-refractivity contribution in [1.82, 2.24) is 10.2 Å². The van der Waals surface area contributed by atoms with E-state index >= 15 is 0 Å². The van der Waals surface area contributed by atoms with Gasteiger partial charge in [0.25, 0.3) is 0 Å². The molecule has 2 nitrogen and oxygen atoms in total. The van der Waals surface area contributed by atoms with Gasteiger partial charge in [-0.25, -0.2) is 0 Å². The lowest BCUT2D eigenvalue weighted by molar-refractivity contribution is 0.358. The molecule has 0 atom stereocenters. The first-order chi connectivity index (χ1) is 3.93. The zero-order valence-electron chi connectivity index (χ0n) is 4.93. The molecule has 1 heterocycles. The second kappa shape index (κ2) is 3.33. The van der Waals surface area contributed by atoms with E-state index in [9.17, 15) is 0 Å². The van der Waals surface area contributed by atoms with Gasteiger partial charge in [0.2, 0.25) is 0 Å². The maximum absolute atomic E-state index is 4.13. The van der Waals surface area contributed by atoms with Gasteiger partial charge >= 0.3 is 0 Å². The molecule has 0 aromatic carbocycles. The minimum atomic E-state index is 0.974. The molecule has 48 valence electrons. The third-order valence-electron chi connectivity index (χ3n) is 1.36. The van der Waals surface area contributed by atoms with Gasteiger partial charge in [0, 0.05) is 32.1 Å². The van der Waals surface area contributed by atoms with E-state index in [2.05, 4.69) is 22.8 Å². The molecule has 1 N–H and O–H groups in total. The number of hydrogen-bond acceptors (Lipinski definition) is 3. The predicted octanol–water partition coefficient (Wildman–Crippen LogP) is -0.221. The van der Waals surface area contributed by atoms with Crippen molar-refractivity contribution in [3.63, 3.8) is 0 Å². The Balaban J connectivity index is 2.06. The Labute approximate surface area is 55.7 Å². The molecule has 0 bridgehead atoms. The lowest BCUT2D eigenvalue weighted by Gasteiger charge is -2.09. The quantitative estimate of drug-likeness (QED) is 0.505. The highest BCUT2D eigenvalue weighted by molar-refractivity contribution is 7.80. The Bertz CT molecular complexity index is 61.4. The van der Waals surface area contributed by atoms with Gasteiger partial charge in [-0.1, -0.05) is 0 Å². The Morgan fingerprint density at radius 2 is 2.50 bits per heavy atom. The summed E-state index contributed by atoms with van der Waals surface area (Å²) in [6, 6.07) is 0. The summed E-state index contributed by atoms with van der Waals surface area (Å²) in [5.41, 5.74) is 0. The Hall–Kier alpha value is 0.270. The van der Waals surface area contributed by atoms with Crippen LogP contribution in [0.4, 0.5) is 0 Å². The molecule has 0 spiro atoms. The summed E-state index contributed by atoms with van der Waals surface area (Å²) < 4.78 is 0. The molecule has 1 saturated heterocycles. The highest BCUT2D eigenvalue weighted by Crippen LogP contribution is 1.91. The van der Waals surface area contributed by atoms with Gasteiger partial charge in [0.1, 0.15) is 0 Å². The SMILES string of the molecule is SCCN1CCNC1. The molecule has 0 saturated carbocycles. The average molecular weight is 132 g/mol. The van der Waals surface area contributed by atoms with Crippen LogP contribution in [0.1, 0.15) is 0 Å². The van der Waals surface area contributed by atoms with Crippen LogP contribution in [-0.4, -0.2) is 37.0 Å². The average Bonchev–Trinajstić information content (AvgIpc) is 2.19. The van der Waals surface area contributed by atoms with Crippen LogP contribution in [0.15, 0.2) is 0 Å². The van der Waals surface area contributed by atoms with E-state index in [1.54, 1.807) is 0 Å². The fourth-order valence-corrected chi connectivity index (χ4v) is 1.17. The number of nitrogens with one attached hydrogen (secondary N) is 1. The van der Waals surface area contributed by atoms with Crippen molar-refractivity contribution in [2.24, 2.45) is 0 Å². The molecule has 1 aliphatic rings. The fourth-order valence-electron chi connectivity index (χ4n) is 0.886. The van der Waals surface area contributed by atoms with Crippen molar-refractivity contribution in [3.05, 3.63) is 0 Å². The van der Waals surface area contributed by atoms with Crippen LogP contribution in [0.5, 0.6) is 0 Å². The second-order valence-corrected chi connectivity index (χ2v) is 2.45. The van der Waals surface area contributed by atoms with Crippen LogP contribution in [0.25, 0.3) is 0 Å². The van der Waals surface area contributed by atoms with Crippen molar-refractivity contribution in [2.45, 2.75) is 0 Å². The molecule has 0 unspecified atom stereocenters. The van der Waals surface area contributed by atoms with Gasteiger partial charge in [-0.15, -0.1) is 0 Å². The van der Waals surface area contributed by atoms with E-state index in [4.69, 9.17) is 0 Å². The molecular weight excluding hydrogens is 120 g/mol. The van der Waals surface area contributed by atoms with Gasteiger partial charge in [-0.3, -0.25) is 4.90 Å². The van der Waals surface area contributed by atoms with Crippen LogP contribution < -0.4 is 5.32 Å². The molecule has 1 rings (SSSR count). The van der Waals surface area contributed by atoms with E-state index in [1.165, 1.54) is 6.54 Å². The number of rotatable bonds is 2. The Kier molecular flexibility index (Phi) is 2.66. The van der Waals surface area contributed by atoms with E-state index in [0.717, 1.165) is 25.5 Å². The van der Waals surface area contributed by atoms with Gasteiger partial charge < -0.3 is 5.32 Å². The van der Waals surface area contributed by atoms with Gasteiger partial charge in [-0.05, 0) is 0 Å². The Morgan fingerprint density at radius 3 is 3.00 bits per heavy atom. The number of thiol groups is 1. The summed E-state index contributed by atoms with van der Waals surface area (Å²) in [5, 5.41) is 3.25. The van der Waals surface area contributed by atoms with Crippen molar-refractivity contribution in [3.8, 4) is 0 Å². The van der Waals surface area contributed by atoms with Crippen LogP contribution in [0.2, 0.25) is 0 Å². The fraction of sp³-hybridized carbons (Fsp3) is 1.00. The smallest absolute Gasteiger partial charge is 0.0481 e. The lowest BCUT2D eigenvalue weighted by atomic mass is 10.6. The molecule has 0 aliphatic carbocycles. The summed E-state index contributed by atoms with van der Waals surface area (Å²) in [6.07, 6.45) is 0.